The van der Waals surface area contributed by atoms with Crippen LogP contribution in [0.1, 0.15) is 65.8 Å². The largest absolute Gasteiger partial charge is 0.507 e. The fraction of sp³-hybridized carbons (Fsp3) is 0.375. The minimum atomic E-state index is -0.161. The lowest BCUT2D eigenvalue weighted by Crippen LogP contribution is -2.04. The topological polar surface area (TPSA) is 87.4 Å². The van der Waals surface area contributed by atoms with E-state index in [9.17, 15) is 14.7 Å². The Hall–Kier alpha value is -2.78. The van der Waals surface area contributed by atoms with Crippen molar-refractivity contribution >= 4 is 23.3 Å². The maximum atomic E-state index is 11.9. The number of carbonyl (C=O) groups is 2. The molecular formula is C24H27NO4S. The Bertz CT molecular complexity index is 916. The monoisotopic (exact) mass is 425 g/mol. The van der Waals surface area contributed by atoms with Crippen LogP contribution in [0.15, 0.2) is 41.3 Å². The molecule has 0 radical (unpaired) electrons. The Morgan fingerprint density at radius 1 is 1.17 bits per heavy atom. The molecule has 0 aliphatic rings. The van der Waals surface area contributed by atoms with Crippen LogP contribution in [0.2, 0.25) is 0 Å². The number of aromatic hydroxyl groups is 1. The molecule has 1 N–H and O–H groups in total. The minimum Gasteiger partial charge on any atom is -0.507 e. The van der Waals surface area contributed by atoms with E-state index < -0.39 is 0 Å². The normalized spacial score (nSPS) is 10.4. The molecule has 0 amide bonds. The summed E-state index contributed by atoms with van der Waals surface area (Å²) >= 11 is 1.68. The molecule has 158 valence electrons. The van der Waals surface area contributed by atoms with E-state index in [0.717, 1.165) is 23.5 Å². The van der Waals surface area contributed by atoms with Crippen LogP contribution in [0.3, 0.4) is 0 Å². The predicted octanol–water partition coefficient (Wildman–Crippen LogP) is 5.59. The van der Waals surface area contributed by atoms with Crippen molar-refractivity contribution in [1.82, 2.24) is 0 Å². The number of ketones is 2. The smallest absolute Gasteiger partial charge is 0.163 e. The van der Waals surface area contributed by atoms with Gasteiger partial charge in [-0.2, -0.15) is 5.26 Å². The Morgan fingerprint density at radius 2 is 1.90 bits per heavy atom. The first kappa shape index (κ1) is 23.5. The molecular weight excluding hydrogens is 398 g/mol. The molecule has 0 unspecified atom stereocenters. The van der Waals surface area contributed by atoms with Gasteiger partial charge in [-0.3, -0.25) is 9.59 Å². The average molecular weight is 426 g/mol. The van der Waals surface area contributed by atoms with E-state index in [1.54, 1.807) is 36.0 Å². The number of benzene rings is 2. The first-order chi connectivity index (χ1) is 14.5. The molecule has 2 rings (SSSR count). The van der Waals surface area contributed by atoms with E-state index in [2.05, 4.69) is 0 Å². The molecule has 0 saturated carbocycles. The van der Waals surface area contributed by atoms with Gasteiger partial charge in [0.25, 0.3) is 0 Å². The molecule has 0 spiro atoms. The summed E-state index contributed by atoms with van der Waals surface area (Å²) in [7, 11) is 0. The second-order valence-corrected chi connectivity index (χ2v) is 8.07. The second-order valence-electron chi connectivity index (χ2n) is 6.90. The van der Waals surface area contributed by atoms with Crippen LogP contribution in [0.5, 0.6) is 11.5 Å². The third-order valence-corrected chi connectivity index (χ3v) is 5.67. The van der Waals surface area contributed by atoms with Gasteiger partial charge in [0.2, 0.25) is 0 Å². The van der Waals surface area contributed by atoms with Crippen LogP contribution >= 0.6 is 11.8 Å². The Labute approximate surface area is 182 Å². The highest BCUT2D eigenvalue weighted by molar-refractivity contribution is 7.99. The summed E-state index contributed by atoms with van der Waals surface area (Å²) in [6, 6.07) is 12.8. The van der Waals surface area contributed by atoms with Gasteiger partial charge in [-0.15, -0.1) is 11.8 Å². The van der Waals surface area contributed by atoms with Crippen molar-refractivity contribution in [3.05, 3.63) is 53.1 Å². The van der Waals surface area contributed by atoms with Gasteiger partial charge in [-0.25, -0.2) is 0 Å². The summed E-state index contributed by atoms with van der Waals surface area (Å²) in [5.74, 6) is 1.33. The fourth-order valence-corrected chi connectivity index (χ4v) is 3.84. The summed E-state index contributed by atoms with van der Waals surface area (Å²) in [5.41, 5.74) is 1.65. The number of thioether (sulfide) groups is 1. The molecule has 2 aromatic rings. The third kappa shape index (κ3) is 6.64. The van der Waals surface area contributed by atoms with Crippen molar-refractivity contribution < 1.29 is 19.4 Å². The van der Waals surface area contributed by atoms with Crippen LogP contribution in [0.25, 0.3) is 0 Å². The maximum absolute atomic E-state index is 11.9. The number of ether oxygens (including phenoxy) is 1. The van der Waals surface area contributed by atoms with Crippen molar-refractivity contribution in [2.24, 2.45) is 0 Å². The molecule has 0 aliphatic heterocycles. The quantitative estimate of drug-likeness (QED) is 0.271. The van der Waals surface area contributed by atoms with Crippen LogP contribution in [0, 0.1) is 11.3 Å². The van der Waals surface area contributed by atoms with E-state index in [1.165, 1.54) is 6.92 Å². The molecule has 0 bridgehead atoms. The lowest BCUT2D eigenvalue weighted by Gasteiger charge is -2.14. The van der Waals surface area contributed by atoms with Crippen molar-refractivity contribution in [3.63, 3.8) is 0 Å². The van der Waals surface area contributed by atoms with Gasteiger partial charge >= 0.3 is 0 Å². The van der Waals surface area contributed by atoms with Gasteiger partial charge in [0.1, 0.15) is 11.5 Å². The van der Waals surface area contributed by atoms with Crippen LogP contribution in [-0.2, 0) is 6.42 Å². The zero-order valence-electron chi connectivity index (χ0n) is 17.4. The molecule has 6 heteroatoms. The van der Waals surface area contributed by atoms with Crippen molar-refractivity contribution in [1.29, 1.82) is 5.26 Å². The molecule has 5 nitrogen and oxygen atoms in total. The number of rotatable bonds is 12. The molecule has 0 aliphatic carbocycles. The summed E-state index contributed by atoms with van der Waals surface area (Å²) in [6.45, 7) is 3.97. The Balaban J connectivity index is 1.84. The van der Waals surface area contributed by atoms with E-state index >= 15 is 0 Å². The van der Waals surface area contributed by atoms with Gasteiger partial charge in [-0.05, 0) is 44.0 Å². The minimum absolute atomic E-state index is 0.0107. The average Bonchev–Trinajstić information content (AvgIpc) is 2.74. The standard InChI is InChI=1S/C24H27NO4S/c1-3-6-21-23(13-12-20(17(2)26)24(21)28)29-15-5-16-30-19-10-8-18(9-11-19)22(27)7-4-14-25/h8-13,28H,3-7,15-16H2,1-2H3. The number of carbonyl (C=O) groups excluding carboxylic acids is 2. The van der Waals surface area contributed by atoms with Gasteiger partial charge in [0.05, 0.1) is 18.2 Å². The van der Waals surface area contributed by atoms with Gasteiger partial charge < -0.3 is 9.84 Å². The highest BCUT2D eigenvalue weighted by Crippen LogP contribution is 2.33. The summed E-state index contributed by atoms with van der Waals surface area (Å²) in [4.78, 5) is 24.6. The van der Waals surface area contributed by atoms with Crippen molar-refractivity contribution in [2.45, 2.75) is 50.8 Å². The zero-order chi connectivity index (χ0) is 21.9. The number of nitrogens with zero attached hydrogens (tertiary/aromatic N) is 1. The van der Waals surface area contributed by atoms with E-state index in [1.807, 2.05) is 25.1 Å². The number of Topliss-reactive ketones (excluding diaryl/α,β-unsaturated/α-hetero) is 2. The van der Waals surface area contributed by atoms with E-state index in [0.29, 0.717) is 35.5 Å². The Kier molecular flexibility index (Phi) is 9.43. The van der Waals surface area contributed by atoms with Crippen LogP contribution < -0.4 is 4.74 Å². The SMILES string of the molecule is CCCc1c(OCCCSc2ccc(C(=O)CCC#N)cc2)ccc(C(C)=O)c1O. The maximum Gasteiger partial charge on any atom is 0.163 e. The van der Waals surface area contributed by atoms with Crippen LogP contribution in [-0.4, -0.2) is 29.0 Å². The van der Waals surface area contributed by atoms with E-state index in [4.69, 9.17) is 10.00 Å². The number of hydrogen-bond acceptors (Lipinski definition) is 6. The van der Waals surface area contributed by atoms with Gasteiger partial charge in [0.15, 0.2) is 11.6 Å². The van der Waals surface area contributed by atoms with Crippen molar-refractivity contribution in [2.75, 3.05) is 12.4 Å². The fourth-order valence-electron chi connectivity index (χ4n) is 3.01. The first-order valence-corrected chi connectivity index (χ1v) is 11.1. The lowest BCUT2D eigenvalue weighted by atomic mass is 10.0. The lowest BCUT2D eigenvalue weighted by molar-refractivity contribution is 0.0981. The van der Waals surface area contributed by atoms with Crippen LogP contribution in [0.4, 0.5) is 0 Å². The molecule has 30 heavy (non-hydrogen) atoms. The highest BCUT2D eigenvalue weighted by atomic mass is 32.2. The predicted molar refractivity (Wildman–Crippen MR) is 119 cm³/mol. The van der Waals surface area contributed by atoms with Crippen molar-refractivity contribution in [3.8, 4) is 17.6 Å². The number of hydrogen-bond donors (Lipinski definition) is 1. The van der Waals surface area contributed by atoms with Gasteiger partial charge in [0, 0.05) is 34.6 Å². The third-order valence-electron chi connectivity index (χ3n) is 4.57. The number of phenolic OH excluding ortho intramolecular Hbond substituents is 1. The molecule has 0 atom stereocenters. The van der Waals surface area contributed by atoms with Gasteiger partial charge in [-0.1, -0.05) is 25.5 Å². The zero-order valence-corrected chi connectivity index (χ0v) is 18.3. The Morgan fingerprint density at radius 3 is 2.53 bits per heavy atom. The summed E-state index contributed by atoms with van der Waals surface area (Å²) < 4.78 is 5.88. The molecule has 0 fully saturated rings. The second kappa shape index (κ2) is 12.0. The molecule has 2 aromatic carbocycles. The first-order valence-electron chi connectivity index (χ1n) is 10.1. The molecule has 0 saturated heterocycles. The molecule has 0 heterocycles. The number of nitriles is 1. The summed E-state index contributed by atoms with van der Waals surface area (Å²) in [6.07, 6.45) is 2.80. The highest BCUT2D eigenvalue weighted by Gasteiger charge is 2.15. The number of phenols is 1. The van der Waals surface area contributed by atoms with E-state index in [-0.39, 0.29) is 30.2 Å². The molecule has 0 aromatic heterocycles. The summed E-state index contributed by atoms with van der Waals surface area (Å²) in [5, 5.41) is 19.0.